The Balaban J connectivity index is 1.42. The maximum absolute atomic E-state index is 13.9. The van der Waals surface area contributed by atoms with Gasteiger partial charge in [0.15, 0.2) is 0 Å². The Morgan fingerprint density at radius 2 is 1.77 bits per heavy atom. The first-order valence-electron chi connectivity index (χ1n) is 8.77. The molecule has 0 atom stereocenters. The SMILES string of the molecule is COc1ccc(CNC(=O)CN2CCN(c3ccccc3F)CC2)cc1. The molecule has 1 aliphatic heterocycles. The van der Waals surface area contributed by atoms with Crippen molar-refractivity contribution in [2.75, 3.05) is 44.7 Å². The number of piperazine rings is 1. The number of rotatable bonds is 6. The molecule has 1 saturated heterocycles. The summed E-state index contributed by atoms with van der Waals surface area (Å²) >= 11 is 0. The summed E-state index contributed by atoms with van der Waals surface area (Å²) in [4.78, 5) is 16.3. The van der Waals surface area contributed by atoms with Crippen LogP contribution >= 0.6 is 0 Å². The van der Waals surface area contributed by atoms with Crippen molar-refractivity contribution < 1.29 is 13.9 Å². The molecule has 1 fully saturated rings. The highest BCUT2D eigenvalue weighted by Crippen LogP contribution is 2.20. The molecule has 1 N–H and O–H groups in total. The van der Waals surface area contributed by atoms with Crippen LogP contribution in [0.5, 0.6) is 5.75 Å². The number of methoxy groups -OCH3 is 1. The number of para-hydroxylation sites is 1. The van der Waals surface area contributed by atoms with Crippen molar-refractivity contribution in [2.24, 2.45) is 0 Å². The lowest BCUT2D eigenvalue weighted by Gasteiger charge is -2.35. The lowest BCUT2D eigenvalue weighted by molar-refractivity contribution is -0.122. The second-order valence-corrected chi connectivity index (χ2v) is 6.34. The standard InChI is InChI=1S/C20H24FN3O2/c1-26-17-8-6-16(7-9-17)14-22-20(25)15-23-10-12-24(13-11-23)19-5-3-2-4-18(19)21/h2-9H,10-15H2,1H3,(H,22,25). The van der Waals surface area contributed by atoms with Gasteiger partial charge < -0.3 is 15.0 Å². The molecule has 0 saturated carbocycles. The topological polar surface area (TPSA) is 44.8 Å². The number of anilines is 1. The van der Waals surface area contributed by atoms with Crippen LogP contribution in [-0.4, -0.2) is 50.6 Å². The number of ether oxygens (including phenoxy) is 1. The summed E-state index contributed by atoms with van der Waals surface area (Å²) in [5, 5.41) is 2.94. The Kier molecular flexibility index (Phi) is 6.07. The first-order valence-corrected chi connectivity index (χ1v) is 8.77. The molecule has 1 heterocycles. The highest BCUT2D eigenvalue weighted by atomic mass is 19.1. The number of halogens is 1. The van der Waals surface area contributed by atoms with E-state index in [4.69, 9.17) is 4.74 Å². The van der Waals surface area contributed by atoms with E-state index in [0.29, 0.717) is 31.9 Å². The number of carbonyl (C=O) groups excluding carboxylic acids is 1. The largest absolute Gasteiger partial charge is 0.497 e. The van der Waals surface area contributed by atoms with E-state index < -0.39 is 0 Å². The van der Waals surface area contributed by atoms with Gasteiger partial charge in [-0.15, -0.1) is 0 Å². The predicted molar refractivity (Wildman–Crippen MR) is 99.9 cm³/mol. The minimum atomic E-state index is -0.196. The van der Waals surface area contributed by atoms with Crippen LogP contribution in [0.25, 0.3) is 0 Å². The van der Waals surface area contributed by atoms with E-state index in [-0.39, 0.29) is 11.7 Å². The van der Waals surface area contributed by atoms with Gasteiger partial charge in [-0.05, 0) is 29.8 Å². The lowest BCUT2D eigenvalue weighted by atomic mass is 10.2. The van der Waals surface area contributed by atoms with Gasteiger partial charge in [0.05, 0.1) is 19.3 Å². The molecule has 3 rings (SSSR count). The zero-order valence-electron chi connectivity index (χ0n) is 15.0. The van der Waals surface area contributed by atoms with Crippen molar-refractivity contribution in [3.8, 4) is 5.75 Å². The van der Waals surface area contributed by atoms with E-state index in [1.54, 1.807) is 19.2 Å². The van der Waals surface area contributed by atoms with Gasteiger partial charge in [0, 0.05) is 32.7 Å². The Morgan fingerprint density at radius 3 is 2.42 bits per heavy atom. The van der Waals surface area contributed by atoms with Crippen LogP contribution < -0.4 is 15.0 Å². The van der Waals surface area contributed by atoms with Gasteiger partial charge in [-0.3, -0.25) is 9.69 Å². The van der Waals surface area contributed by atoms with E-state index in [9.17, 15) is 9.18 Å². The Morgan fingerprint density at radius 1 is 1.08 bits per heavy atom. The van der Waals surface area contributed by atoms with Crippen LogP contribution in [0.3, 0.4) is 0 Å². The van der Waals surface area contributed by atoms with Gasteiger partial charge in [0.25, 0.3) is 0 Å². The van der Waals surface area contributed by atoms with Crippen molar-refractivity contribution in [3.05, 3.63) is 59.9 Å². The van der Waals surface area contributed by atoms with E-state index in [2.05, 4.69) is 10.2 Å². The molecule has 0 aromatic heterocycles. The molecule has 0 bridgehead atoms. The molecule has 6 heteroatoms. The van der Waals surface area contributed by atoms with Crippen molar-refractivity contribution in [3.63, 3.8) is 0 Å². The Bertz CT molecular complexity index is 728. The average Bonchev–Trinajstić information content (AvgIpc) is 2.68. The first-order chi connectivity index (χ1) is 12.7. The zero-order chi connectivity index (χ0) is 18.4. The molecule has 2 aromatic rings. The fourth-order valence-electron chi connectivity index (χ4n) is 3.06. The molecule has 5 nitrogen and oxygen atoms in total. The summed E-state index contributed by atoms with van der Waals surface area (Å²) in [6, 6.07) is 14.5. The number of hydrogen-bond acceptors (Lipinski definition) is 4. The van der Waals surface area contributed by atoms with Crippen molar-refractivity contribution in [1.29, 1.82) is 0 Å². The monoisotopic (exact) mass is 357 g/mol. The number of amides is 1. The number of nitrogens with zero attached hydrogens (tertiary/aromatic N) is 2. The van der Waals surface area contributed by atoms with E-state index in [0.717, 1.165) is 24.4 Å². The van der Waals surface area contributed by atoms with Crippen LogP contribution in [0.1, 0.15) is 5.56 Å². The molecular weight excluding hydrogens is 333 g/mol. The third-order valence-electron chi connectivity index (χ3n) is 4.58. The summed E-state index contributed by atoms with van der Waals surface area (Å²) in [5.41, 5.74) is 1.67. The summed E-state index contributed by atoms with van der Waals surface area (Å²) in [6.45, 7) is 3.77. The molecule has 1 amide bonds. The Hall–Kier alpha value is -2.60. The predicted octanol–water partition coefficient (Wildman–Crippen LogP) is 2.27. The van der Waals surface area contributed by atoms with Crippen LogP contribution in [0.2, 0.25) is 0 Å². The smallest absolute Gasteiger partial charge is 0.234 e. The molecule has 0 spiro atoms. The fourth-order valence-corrected chi connectivity index (χ4v) is 3.06. The molecule has 0 radical (unpaired) electrons. The fraction of sp³-hybridized carbons (Fsp3) is 0.350. The van der Waals surface area contributed by atoms with Crippen LogP contribution in [0.4, 0.5) is 10.1 Å². The average molecular weight is 357 g/mol. The third-order valence-corrected chi connectivity index (χ3v) is 4.58. The normalized spacial score (nSPS) is 14.9. The van der Waals surface area contributed by atoms with Gasteiger partial charge in [-0.2, -0.15) is 0 Å². The van der Waals surface area contributed by atoms with Gasteiger partial charge in [-0.25, -0.2) is 4.39 Å². The molecule has 0 aliphatic carbocycles. The third kappa shape index (κ3) is 4.73. The number of carbonyl (C=O) groups is 1. The second kappa shape index (κ2) is 8.67. The summed E-state index contributed by atoms with van der Waals surface area (Å²) in [7, 11) is 1.63. The molecule has 138 valence electrons. The minimum Gasteiger partial charge on any atom is -0.497 e. The first kappa shape index (κ1) is 18.2. The number of nitrogens with one attached hydrogen (secondary N) is 1. The Labute approximate surface area is 153 Å². The highest BCUT2D eigenvalue weighted by molar-refractivity contribution is 5.78. The zero-order valence-corrected chi connectivity index (χ0v) is 15.0. The molecule has 2 aromatic carbocycles. The summed E-state index contributed by atoms with van der Waals surface area (Å²) in [6.07, 6.45) is 0. The van der Waals surface area contributed by atoms with Gasteiger partial charge in [0.1, 0.15) is 11.6 Å². The summed E-state index contributed by atoms with van der Waals surface area (Å²) < 4.78 is 19.0. The van der Waals surface area contributed by atoms with E-state index in [1.807, 2.05) is 35.2 Å². The summed E-state index contributed by atoms with van der Waals surface area (Å²) in [5.74, 6) is 0.603. The highest BCUT2D eigenvalue weighted by Gasteiger charge is 2.20. The van der Waals surface area contributed by atoms with Gasteiger partial charge >= 0.3 is 0 Å². The van der Waals surface area contributed by atoms with Crippen LogP contribution in [0.15, 0.2) is 48.5 Å². The van der Waals surface area contributed by atoms with E-state index >= 15 is 0 Å². The van der Waals surface area contributed by atoms with E-state index in [1.165, 1.54) is 6.07 Å². The second-order valence-electron chi connectivity index (χ2n) is 6.34. The lowest BCUT2D eigenvalue weighted by Crippen LogP contribution is -2.49. The maximum atomic E-state index is 13.9. The van der Waals surface area contributed by atoms with Crippen LogP contribution in [0, 0.1) is 5.82 Å². The van der Waals surface area contributed by atoms with Gasteiger partial charge in [0.2, 0.25) is 5.91 Å². The number of hydrogen-bond donors (Lipinski definition) is 1. The minimum absolute atomic E-state index is 0.000148. The van der Waals surface area contributed by atoms with Crippen LogP contribution in [-0.2, 0) is 11.3 Å². The van der Waals surface area contributed by atoms with Crippen molar-refractivity contribution >= 4 is 11.6 Å². The van der Waals surface area contributed by atoms with Crippen molar-refractivity contribution in [1.82, 2.24) is 10.2 Å². The molecule has 1 aliphatic rings. The molecule has 26 heavy (non-hydrogen) atoms. The maximum Gasteiger partial charge on any atom is 0.234 e. The van der Waals surface area contributed by atoms with Crippen molar-refractivity contribution in [2.45, 2.75) is 6.54 Å². The molecular formula is C20H24FN3O2. The quantitative estimate of drug-likeness (QED) is 0.862. The number of benzene rings is 2. The van der Waals surface area contributed by atoms with Gasteiger partial charge in [-0.1, -0.05) is 24.3 Å². The molecule has 0 unspecified atom stereocenters.